The second-order valence-electron chi connectivity index (χ2n) is 5.29. The number of nitrogens with zero attached hydrogens (tertiary/aromatic N) is 1. The Morgan fingerprint density at radius 1 is 1.43 bits per heavy atom. The minimum absolute atomic E-state index is 0.0210. The van der Waals surface area contributed by atoms with Crippen molar-refractivity contribution in [3.05, 3.63) is 29.8 Å². The minimum atomic E-state index is -0.0210. The molecule has 1 N–H and O–H groups in total. The van der Waals surface area contributed by atoms with E-state index in [9.17, 15) is 4.79 Å². The first-order valence-electron chi connectivity index (χ1n) is 7.44. The van der Waals surface area contributed by atoms with Gasteiger partial charge in [-0.05, 0) is 30.4 Å². The van der Waals surface area contributed by atoms with Crippen molar-refractivity contribution < 1.29 is 9.53 Å². The molecule has 1 aliphatic rings. The van der Waals surface area contributed by atoms with Crippen molar-refractivity contribution >= 4 is 17.7 Å². The molecule has 1 amide bonds. The van der Waals surface area contributed by atoms with Crippen LogP contribution in [-0.4, -0.2) is 42.0 Å². The molecule has 1 saturated heterocycles. The molecule has 4 nitrogen and oxygen atoms in total. The van der Waals surface area contributed by atoms with Crippen LogP contribution in [0.2, 0.25) is 0 Å². The van der Waals surface area contributed by atoms with E-state index in [1.54, 1.807) is 11.8 Å². The Morgan fingerprint density at radius 3 is 2.76 bits per heavy atom. The number of carbonyl (C=O) groups excluding carboxylic acids is 1. The standard InChI is InChI=1S/C16H24N2O2S/c1-4-9-20-14-7-5-13(6-8-14)16-17-10-15(19)18(16)11-12(2)21-3/h5-8,12,16-17H,4,9-11H2,1-3H3. The van der Waals surface area contributed by atoms with Crippen molar-refractivity contribution in [1.29, 1.82) is 0 Å². The van der Waals surface area contributed by atoms with E-state index in [1.165, 1.54) is 0 Å². The molecule has 0 radical (unpaired) electrons. The van der Waals surface area contributed by atoms with Crippen LogP contribution in [0, 0.1) is 0 Å². The van der Waals surface area contributed by atoms with Gasteiger partial charge in [0, 0.05) is 11.8 Å². The van der Waals surface area contributed by atoms with Crippen LogP contribution >= 0.6 is 11.8 Å². The number of hydrogen-bond donors (Lipinski definition) is 1. The quantitative estimate of drug-likeness (QED) is 0.841. The van der Waals surface area contributed by atoms with Crippen LogP contribution in [0.1, 0.15) is 32.0 Å². The molecule has 21 heavy (non-hydrogen) atoms. The normalized spacial score (nSPS) is 19.9. The molecule has 0 saturated carbocycles. The Kier molecular flexibility index (Phi) is 5.94. The maximum atomic E-state index is 12.0. The first kappa shape index (κ1) is 16.2. The van der Waals surface area contributed by atoms with Crippen molar-refractivity contribution in [3.8, 4) is 5.75 Å². The van der Waals surface area contributed by atoms with E-state index in [2.05, 4.69) is 25.4 Å². The topological polar surface area (TPSA) is 41.6 Å². The molecule has 0 spiro atoms. The first-order valence-corrected chi connectivity index (χ1v) is 8.73. The van der Waals surface area contributed by atoms with E-state index in [1.807, 2.05) is 29.2 Å². The number of carbonyl (C=O) groups is 1. The molecule has 2 rings (SSSR count). The number of rotatable bonds is 7. The molecule has 1 heterocycles. The maximum absolute atomic E-state index is 12.0. The van der Waals surface area contributed by atoms with E-state index in [0.29, 0.717) is 11.8 Å². The molecular weight excluding hydrogens is 284 g/mol. The Labute approximate surface area is 131 Å². The van der Waals surface area contributed by atoms with Crippen LogP contribution in [0.3, 0.4) is 0 Å². The fraction of sp³-hybridized carbons (Fsp3) is 0.562. The molecule has 1 fully saturated rings. The lowest BCUT2D eigenvalue weighted by atomic mass is 10.1. The lowest BCUT2D eigenvalue weighted by Crippen LogP contribution is -2.34. The van der Waals surface area contributed by atoms with Gasteiger partial charge in [-0.2, -0.15) is 11.8 Å². The van der Waals surface area contributed by atoms with Gasteiger partial charge in [-0.25, -0.2) is 0 Å². The van der Waals surface area contributed by atoms with Gasteiger partial charge in [-0.1, -0.05) is 26.0 Å². The molecule has 0 aromatic heterocycles. The van der Waals surface area contributed by atoms with Gasteiger partial charge in [-0.15, -0.1) is 0 Å². The van der Waals surface area contributed by atoms with Crippen LogP contribution in [0.4, 0.5) is 0 Å². The molecule has 0 bridgehead atoms. The third-order valence-corrected chi connectivity index (χ3v) is 4.56. The van der Waals surface area contributed by atoms with Crippen molar-refractivity contribution in [2.75, 3.05) is 26.0 Å². The maximum Gasteiger partial charge on any atom is 0.238 e. The third kappa shape index (κ3) is 4.14. The number of ether oxygens (including phenoxy) is 1. The Bertz CT molecular complexity index is 464. The van der Waals surface area contributed by atoms with E-state index in [-0.39, 0.29) is 12.1 Å². The number of hydrogen-bond acceptors (Lipinski definition) is 4. The number of amides is 1. The lowest BCUT2D eigenvalue weighted by molar-refractivity contribution is -0.128. The van der Waals surface area contributed by atoms with Crippen LogP contribution in [-0.2, 0) is 4.79 Å². The zero-order chi connectivity index (χ0) is 15.2. The molecule has 116 valence electrons. The smallest absolute Gasteiger partial charge is 0.238 e. The summed E-state index contributed by atoms with van der Waals surface area (Å²) in [7, 11) is 0. The van der Waals surface area contributed by atoms with E-state index >= 15 is 0 Å². The van der Waals surface area contributed by atoms with Crippen LogP contribution in [0.25, 0.3) is 0 Å². The summed E-state index contributed by atoms with van der Waals surface area (Å²) in [6.45, 7) is 6.16. The van der Waals surface area contributed by atoms with E-state index in [0.717, 1.165) is 30.9 Å². The summed E-state index contributed by atoms with van der Waals surface area (Å²) in [6, 6.07) is 8.04. The Morgan fingerprint density at radius 2 is 2.14 bits per heavy atom. The third-order valence-electron chi connectivity index (χ3n) is 3.60. The highest BCUT2D eigenvalue weighted by Gasteiger charge is 2.32. The minimum Gasteiger partial charge on any atom is -0.494 e. The highest BCUT2D eigenvalue weighted by Crippen LogP contribution is 2.26. The van der Waals surface area contributed by atoms with E-state index < -0.39 is 0 Å². The van der Waals surface area contributed by atoms with Gasteiger partial charge in [-0.3, -0.25) is 10.1 Å². The molecule has 1 aromatic rings. The van der Waals surface area contributed by atoms with Crippen LogP contribution < -0.4 is 10.1 Å². The average molecular weight is 308 g/mol. The predicted molar refractivity (Wildman–Crippen MR) is 87.7 cm³/mol. The Hall–Kier alpha value is -1.20. The highest BCUT2D eigenvalue weighted by molar-refractivity contribution is 7.99. The van der Waals surface area contributed by atoms with Gasteiger partial charge in [0.2, 0.25) is 5.91 Å². The van der Waals surface area contributed by atoms with Crippen molar-refractivity contribution in [2.24, 2.45) is 0 Å². The van der Waals surface area contributed by atoms with Gasteiger partial charge in [0.1, 0.15) is 11.9 Å². The lowest BCUT2D eigenvalue weighted by Gasteiger charge is -2.27. The van der Waals surface area contributed by atoms with Crippen LogP contribution in [0.15, 0.2) is 24.3 Å². The number of nitrogens with one attached hydrogen (secondary N) is 1. The average Bonchev–Trinajstić information content (AvgIpc) is 2.86. The molecule has 0 aliphatic carbocycles. The van der Waals surface area contributed by atoms with Gasteiger partial charge in [0.25, 0.3) is 0 Å². The van der Waals surface area contributed by atoms with E-state index in [4.69, 9.17) is 4.74 Å². The molecular formula is C16H24N2O2S. The van der Waals surface area contributed by atoms with Gasteiger partial charge in [0.05, 0.1) is 13.2 Å². The van der Waals surface area contributed by atoms with Crippen molar-refractivity contribution in [1.82, 2.24) is 10.2 Å². The summed E-state index contributed by atoms with van der Waals surface area (Å²) in [4.78, 5) is 14.0. The second-order valence-corrected chi connectivity index (χ2v) is 6.57. The van der Waals surface area contributed by atoms with Gasteiger partial charge < -0.3 is 9.64 Å². The predicted octanol–water partition coefficient (Wildman–Crippen LogP) is 2.66. The van der Waals surface area contributed by atoms with Crippen molar-refractivity contribution in [3.63, 3.8) is 0 Å². The van der Waals surface area contributed by atoms with Gasteiger partial charge in [0.15, 0.2) is 0 Å². The second kappa shape index (κ2) is 7.71. The SMILES string of the molecule is CCCOc1ccc(C2NCC(=O)N2CC(C)SC)cc1. The highest BCUT2D eigenvalue weighted by atomic mass is 32.2. The molecule has 1 aromatic carbocycles. The van der Waals surface area contributed by atoms with Crippen molar-refractivity contribution in [2.45, 2.75) is 31.7 Å². The zero-order valence-corrected chi connectivity index (χ0v) is 13.8. The van der Waals surface area contributed by atoms with Crippen LogP contribution in [0.5, 0.6) is 5.75 Å². The molecule has 2 unspecified atom stereocenters. The molecule has 5 heteroatoms. The summed E-state index contributed by atoms with van der Waals surface area (Å²) in [5, 5.41) is 3.72. The fourth-order valence-electron chi connectivity index (χ4n) is 2.36. The summed E-state index contributed by atoms with van der Waals surface area (Å²) in [6.07, 6.45) is 3.06. The first-order chi connectivity index (χ1) is 10.2. The van der Waals surface area contributed by atoms with Gasteiger partial charge >= 0.3 is 0 Å². The number of thioether (sulfide) groups is 1. The Balaban J connectivity index is 2.06. The summed E-state index contributed by atoms with van der Waals surface area (Å²) in [5.41, 5.74) is 1.11. The summed E-state index contributed by atoms with van der Waals surface area (Å²) in [5.74, 6) is 1.06. The summed E-state index contributed by atoms with van der Waals surface area (Å²) >= 11 is 1.78. The fourth-order valence-corrected chi connectivity index (χ4v) is 2.67. The molecule has 2 atom stereocenters. The largest absolute Gasteiger partial charge is 0.494 e. The zero-order valence-electron chi connectivity index (χ0n) is 13.0. The molecule has 1 aliphatic heterocycles. The summed E-state index contributed by atoms with van der Waals surface area (Å²) < 4.78 is 5.60. The number of benzene rings is 1. The monoisotopic (exact) mass is 308 g/mol.